The molecule has 0 heteroatoms. The van der Waals surface area contributed by atoms with Crippen molar-refractivity contribution in [3.8, 4) is 44.5 Å². The van der Waals surface area contributed by atoms with Gasteiger partial charge < -0.3 is 0 Å². The number of benzene rings is 12. The molecular weight excluding hydrogens is 697 g/mol. The van der Waals surface area contributed by atoms with Crippen LogP contribution in [-0.2, 0) is 0 Å². The van der Waals surface area contributed by atoms with Gasteiger partial charge in [-0.15, -0.1) is 0 Å². The molecule has 0 heterocycles. The van der Waals surface area contributed by atoms with Crippen LogP contribution in [0, 0.1) is 0 Å². The predicted molar refractivity (Wildman–Crippen MR) is 251 cm³/mol. The third kappa shape index (κ3) is 5.69. The van der Waals surface area contributed by atoms with Gasteiger partial charge in [-0.2, -0.15) is 0 Å². The summed E-state index contributed by atoms with van der Waals surface area (Å²) in [5.74, 6) is 0. The van der Waals surface area contributed by atoms with Gasteiger partial charge in [-0.1, -0.05) is 218 Å². The molecule has 0 atom stereocenters. The molecule has 0 spiro atoms. The Kier molecular flexibility index (Phi) is 8.26. The molecule has 0 nitrogen and oxygen atoms in total. The van der Waals surface area contributed by atoms with Crippen LogP contribution in [0.4, 0.5) is 0 Å². The number of fused-ring (bicyclic) bond motifs is 5. The van der Waals surface area contributed by atoms with Crippen LogP contribution in [0.3, 0.4) is 0 Å². The molecular formula is C58H38. The maximum absolute atomic E-state index is 2.39. The second-order valence-corrected chi connectivity index (χ2v) is 15.1. The highest BCUT2D eigenvalue weighted by atomic mass is 14.2. The lowest BCUT2D eigenvalue weighted by Gasteiger charge is -2.21. The van der Waals surface area contributed by atoms with Crippen molar-refractivity contribution in [2.24, 2.45) is 0 Å². The second kappa shape index (κ2) is 14.2. The lowest BCUT2D eigenvalue weighted by molar-refractivity contribution is 1.62. The van der Waals surface area contributed by atoms with Crippen LogP contribution in [0.25, 0.3) is 109 Å². The minimum atomic E-state index is 1.24. The van der Waals surface area contributed by atoms with E-state index in [0.717, 1.165) is 0 Å². The highest BCUT2D eigenvalue weighted by molar-refractivity contribution is 6.32. The minimum absolute atomic E-state index is 1.24. The molecule has 0 N–H and O–H groups in total. The smallest absolute Gasteiger partial charge is 0.00139 e. The molecule has 0 amide bonds. The molecule has 0 bridgehead atoms. The van der Waals surface area contributed by atoms with Crippen molar-refractivity contribution >= 4 is 64.6 Å². The second-order valence-electron chi connectivity index (χ2n) is 15.1. The molecule has 0 aliphatic rings. The molecule has 270 valence electrons. The van der Waals surface area contributed by atoms with Crippen molar-refractivity contribution in [2.45, 2.75) is 0 Å². The van der Waals surface area contributed by atoms with Gasteiger partial charge in [-0.05, 0) is 121 Å². The van der Waals surface area contributed by atoms with Crippen molar-refractivity contribution in [3.63, 3.8) is 0 Å². The molecule has 0 saturated heterocycles. The van der Waals surface area contributed by atoms with Gasteiger partial charge in [0.2, 0.25) is 0 Å². The lowest BCUT2D eigenvalue weighted by Crippen LogP contribution is -1.94. The summed E-state index contributed by atoms with van der Waals surface area (Å²) >= 11 is 0. The number of hydrogen-bond acceptors (Lipinski definition) is 0. The molecule has 0 aliphatic carbocycles. The number of rotatable bonds is 4. The monoisotopic (exact) mass is 734 g/mol. The fraction of sp³-hybridized carbons (Fsp3) is 0. The maximum Gasteiger partial charge on any atom is -0.00139 e. The largest absolute Gasteiger partial charge is 0.0622 e. The van der Waals surface area contributed by atoms with Crippen LogP contribution >= 0.6 is 0 Å². The highest BCUT2D eigenvalue weighted by Crippen LogP contribution is 2.48. The average Bonchev–Trinajstić information content (AvgIpc) is 3.31. The molecule has 12 rings (SSSR count). The first-order chi connectivity index (χ1) is 28.8. The van der Waals surface area contributed by atoms with Crippen LogP contribution in [0.2, 0.25) is 0 Å². The van der Waals surface area contributed by atoms with E-state index in [9.17, 15) is 0 Å². The summed E-state index contributed by atoms with van der Waals surface area (Å²) in [6.07, 6.45) is 0. The van der Waals surface area contributed by atoms with E-state index in [1.807, 2.05) is 0 Å². The molecule has 0 radical (unpaired) electrons. The zero-order valence-corrected chi connectivity index (χ0v) is 31.9. The Bertz CT molecular complexity index is 3020. The zero-order chi connectivity index (χ0) is 38.4. The van der Waals surface area contributed by atoms with Crippen LogP contribution in [0.5, 0.6) is 0 Å². The Balaban J connectivity index is 0.000000178. The summed E-state index contributed by atoms with van der Waals surface area (Å²) in [6, 6.07) is 83.5. The van der Waals surface area contributed by atoms with E-state index >= 15 is 0 Å². The molecule has 0 fully saturated rings. The molecule has 58 heavy (non-hydrogen) atoms. The molecule has 12 aromatic rings. The van der Waals surface area contributed by atoms with E-state index < -0.39 is 0 Å². The Morgan fingerprint density at radius 3 is 0.741 bits per heavy atom. The molecule has 0 saturated carbocycles. The van der Waals surface area contributed by atoms with Gasteiger partial charge in [-0.25, -0.2) is 0 Å². The van der Waals surface area contributed by atoms with Crippen LogP contribution in [0.1, 0.15) is 0 Å². The summed E-state index contributed by atoms with van der Waals surface area (Å²) in [5, 5.41) is 15.8. The first-order valence-corrected chi connectivity index (χ1v) is 20.1. The van der Waals surface area contributed by atoms with Gasteiger partial charge in [-0.3, -0.25) is 0 Å². The first kappa shape index (κ1) is 33.8. The standard InChI is InChI=1S/C40H26.C18H12/c1-5-13-27(14-6-1)35-25-36(28-15-7-2-8-16-28)32-23-24-34-38(30-19-11-4-12-20-30)26-37(29-17-9-3-10-18-29)33-22-21-31(35)39(32)40(33)34;1-3-7-15-13(5-1)9-11-18-16-8-4-2-6-14(16)10-12-17(15)18/h1-26H;1-12H. The summed E-state index contributed by atoms with van der Waals surface area (Å²) in [6.45, 7) is 0. The van der Waals surface area contributed by atoms with Crippen molar-refractivity contribution < 1.29 is 0 Å². The van der Waals surface area contributed by atoms with Crippen molar-refractivity contribution in [2.75, 3.05) is 0 Å². The fourth-order valence-electron chi connectivity index (χ4n) is 9.19. The predicted octanol–water partition coefficient (Wildman–Crippen LogP) is 16.4. The minimum Gasteiger partial charge on any atom is -0.0622 e. The van der Waals surface area contributed by atoms with Gasteiger partial charge in [0.1, 0.15) is 0 Å². The van der Waals surface area contributed by atoms with Gasteiger partial charge in [0.05, 0.1) is 0 Å². The average molecular weight is 735 g/mol. The Hall–Kier alpha value is -7.54. The Morgan fingerprint density at radius 1 is 0.172 bits per heavy atom. The third-order valence-corrected chi connectivity index (χ3v) is 11.9. The lowest BCUT2D eigenvalue weighted by atomic mass is 9.82. The number of hydrogen-bond donors (Lipinski definition) is 0. The third-order valence-electron chi connectivity index (χ3n) is 11.9. The van der Waals surface area contributed by atoms with Crippen molar-refractivity contribution in [1.29, 1.82) is 0 Å². The zero-order valence-electron chi connectivity index (χ0n) is 31.9. The quantitative estimate of drug-likeness (QED) is 0.158. The fourth-order valence-corrected chi connectivity index (χ4v) is 9.19. The first-order valence-electron chi connectivity index (χ1n) is 20.1. The highest BCUT2D eigenvalue weighted by Gasteiger charge is 2.20. The van der Waals surface area contributed by atoms with Crippen LogP contribution in [-0.4, -0.2) is 0 Å². The Morgan fingerprint density at radius 2 is 0.431 bits per heavy atom. The van der Waals surface area contributed by atoms with Gasteiger partial charge >= 0.3 is 0 Å². The van der Waals surface area contributed by atoms with E-state index in [-0.39, 0.29) is 0 Å². The molecule has 0 aromatic heterocycles. The summed E-state index contributed by atoms with van der Waals surface area (Å²) in [4.78, 5) is 0. The molecule has 12 aromatic carbocycles. The maximum atomic E-state index is 2.39. The summed E-state index contributed by atoms with van der Waals surface area (Å²) < 4.78 is 0. The van der Waals surface area contributed by atoms with E-state index in [2.05, 4.69) is 231 Å². The summed E-state index contributed by atoms with van der Waals surface area (Å²) in [5.41, 5.74) is 10.0. The van der Waals surface area contributed by atoms with Gasteiger partial charge in [0.25, 0.3) is 0 Å². The van der Waals surface area contributed by atoms with Gasteiger partial charge in [0.15, 0.2) is 0 Å². The molecule has 0 aliphatic heterocycles. The Labute approximate surface area is 338 Å². The molecule has 0 unspecified atom stereocenters. The van der Waals surface area contributed by atoms with E-state index in [0.29, 0.717) is 0 Å². The topological polar surface area (TPSA) is 0 Å². The van der Waals surface area contributed by atoms with Gasteiger partial charge in [0, 0.05) is 0 Å². The van der Waals surface area contributed by atoms with Crippen LogP contribution < -0.4 is 0 Å². The normalized spacial score (nSPS) is 11.4. The summed E-state index contributed by atoms with van der Waals surface area (Å²) in [7, 11) is 0. The van der Waals surface area contributed by atoms with E-state index in [1.54, 1.807) is 0 Å². The SMILES string of the molecule is c1ccc(-c2cc(-c3ccccc3)c3ccc4c(-c5ccccc5)cc(-c5ccccc5)c5ccc2c3c54)cc1.c1ccc2c(c1)ccc1c3ccccc3ccc21. The van der Waals surface area contributed by atoms with E-state index in [4.69, 9.17) is 0 Å². The van der Waals surface area contributed by atoms with Crippen molar-refractivity contribution in [1.82, 2.24) is 0 Å². The van der Waals surface area contributed by atoms with E-state index in [1.165, 1.54) is 109 Å². The van der Waals surface area contributed by atoms with Crippen LogP contribution in [0.15, 0.2) is 231 Å². The van der Waals surface area contributed by atoms with Crippen molar-refractivity contribution in [3.05, 3.63) is 231 Å².